The largest absolute Gasteiger partial charge is 0.360 e. The summed E-state index contributed by atoms with van der Waals surface area (Å²) in [6, 6.07) is 17.8. The molecule has 0 saturated carbocycles. The SMILES string of the molecule is O=C(Nc1nc(-c2c[nH]c3ccccc23)cs1)C1CCN(C(=O)/C=C/c2ccccc2)CC1. The monoisotopic (exact) mass is 456 g/mol. The second-order valence-electron chi connectivity index (χ2n) is 8.12. The van der Waals surface area contributed by atoms with E-state index in [0.717, 1.165) is 27.7 Å². The Labute approximate surface area is 196 Å². The number of rotatable bonds is 5. The number of hydrogen-bond donors (Lipinski definition) is 2. The van der Waals surface area contributed by atoms with Crippen LogP contribution in [-0.4, -0.2) is 39.8 Å². The molecule has 0 bridgehead atoms. The fourth-order valence-electron chi connectivity index (χ4n) is 4.14. The maximum absolute atomic E-state index is 12.8. The van der Waals surface area contributed by atoms with Crippen LogP contribution in [0.15, 0.2) is 72.3 Å². The van der Waals surface area contributed by atoms with E-state index in [1.807, 2.05) is 71.1 Å². The van der Waals surface area contributed by atoms with Crippen LogP contribution in [0, 0.1) is 5.92 Å². The van der Waals surface area contributed by atoms with Gasteiger partial charge < -0.3 is 15.2 Å². The molecule has 33 heavy (non-hydrogen) atoms. The molecule has 3 heterocycles. The molecule has 0 radical (unpaired) electrons. The Morgan fingerprint density at radius 3 is 2.64 bits per heavy atom. The van der Waals surface area contributed by atoms with Crippen LogP contribution in [0.25, 0.3) is 28.2 Å². The number of amides is 2. The summed E-state index contributed by atoms with van der Waals surface area (Å²) in [5.74, 6) is -0.157. The molecule has 2 N–H and O–H groups in total. The highest BCUT2D eigenvalue weighted by molar-refractivity contribution is 7.14. The van der Waals surface area contributed by atoms with Gasteiger partial charge in [-0.05, 0) is 30.5 Å². The van der Waals surface area contributed by atoms with Gasteiger partial charge in [0.15, 0.2) is 5.13 Å². The van der Waals surface area contributed by atoms with Gasteiger partial charge in [-0.1, -0.05) is 48.5 Å². The number of para-hydroxylation sites is 1. The smallest absolute Gasteiger partial charge is 0.246 e. The zero-order valence-electron chi connectivity index (χ0n) is 18.0. The summed E-state index contributed by atoms with van der Waals surface area (Å²) < 4.78 is 0. The standard InChI is InChI=1S/C26H24N4O2S/c31-24(11-10-18-6-2-1-3-7-18)30-14-12-19(13-15-30)25(32)29-26-28-23(17-33-26)21-16-27-22-9-5-4-8-20(21)22/h1-11,16-17,19,27H,12-15H2,(H,28,29,32)/b11-10+. The van der Waals surface area contributed by atoms with Gasteiger partial charge in [-0.15, -0.1) is 11.3 Å². The number of H-pyrrole nitrogens is 1. The van der Waals surface area contributed by atoms with Crippen LogP contribution in [0.4, 0.5) is 5.13 Å². The molecule has 0 aliphatic carbocycles. The number of carbonyl (C=O) groups is 2. The van der Waals surface area contributed by atoms with Gasteiger partial charge in [-0.3, -0.25) is 9.59 Å². The van der Waals surface area contributed by atoms with E-state index in [-0.39, 0.29) is 17.7 Å². The molecule has 5 rings (SSSR count). The zero-order valence-corrected chi connectivity index (χ0v) is 18.8. The molecule has 1 fully saturated rings. The molecule has 7 heteroatoms. The zero-order chi connectivity index (χ0) is 22.6. The van der Waals surface area contributed by atoms with Gasteiger partial charge in [-0.2, -0.15) is 0 Å². The van der Waals surface area contributed by atoms with Gasteiger partial charge in [-0.25, -0.2) is 4.98 Å². The Hall–Kier alpha value is -3.71. The van der Waals surface area contributed by atoms with Gasteiger partial charge in [0.2, 0.25) is 11.8 Å². The molecule has 6 nitrogen and oxygen atoms in total. The lowest BCUT2D eigenvalue weighted by Crippen LogP contribution is -2.40. The number of aromatic amines is 1. The Morgan fingerprint density at radius 2 is 1.82 bits per heavy atom. The predicted octanol–water partition coefficient (Wildman–Crippen LogP) is 5.18. The first-order valence-electron chi connectivity index (χ1n) is 11.0. The number of aromatic nitrogens is 2. The molecule has 0 unspecified atom stereocenters. The quantitative estimate of drug-likeness (QED) is 0.406. The average Bonchev–Trinajstić information content (AvgIpc) is 3.50. The lowest BCUT2D eigenvalue weighted by atomic mass is 9.96. The van der Waals surface area contributed by atoms with E-state index in [4.69, 9.17) is 0 Å². The summed E-state index contributed by atoms with van der Waals surface area (Å²) in [6.45, 7) is 1.16. The number of carbonyl (C=O) groups excluding carboxylic acids is 2. The van der Waals surface area contributed by atoms with Crippen molar-refractivity contribution in [1.29, 1.82) is 0 Å². The normalized spacial score (nSPS) is 14.7. The first-order chi connectivity index (χ1) is 16.2. The van der Waals surface area contributed by atoms with Crippen LogP contribution < -0.4 is 5.32 Å². The summed E-state index contributed by atoms with van der Waals surface area (Å²) >= 11 is 1.43. The van der Waals surface area contributed by atoms with Crippen LogP contribution in [0.2, 0.25) is 0 Å². The Kier molecular flexibility index (Phi) is 6.04. The van der Waals surface area contributed by atoms with Gasteiger partial charge in [0.05, 0.1) is 5.69 Å². The van der Waals surface area contributed by atoms with Crippen molar-refractivity contribution in [3.8, 4) is 11.3 Å². The highest BCUT2D eigenvalue weighted by Gasteiger charge is 2.27. The van der Waals surface area contributed by atoms with Crippen molar-refractivity contribution in [1.82, 2.24) is 14.9 Å². The molecule has 0 spiro atoms. The highest BCUT2D eigenvalue weighted by atomic mass is 32.1. The second kappa shape index (κ2) is 9.42. The number of nitrogens with zero attached hydrogens (tertiary/aromatic N) is 2. The first-order valence-corrected chi connectivity index (χ1v) is 11.9. The molecule has 1 aliphatic heterocycles. The van der Waals surface area contributed by atoms with E-state index in [9.17, 15) is 9.59 Å². The maximum Gasteiger partial charge on any atom is 0.246 e. The Morgan fingerprint density at radius 1 is 1.06 bits per heavy atom. The number of fused-ring (bicyclic) bond motifs is 1. The minimum Gasteiger partial charge on any atom is -0.360 e. The molecule has 166 valence electrons. The van der Waals surface area contributed by atoms with Crippen molar-refractivity contribution in [2.24, 2.45) is 5.92 Å². The fourth-order valence-corrected chi connectivity index (χ4v) is 4.86. The minimum absolute atomic E-state index is 0.0130. The highest BCUT2D eigenvalue weighted by Crippen LogP contribution is 2.31. The van der Waals surface area contributed by atoms with E-state index in [1.165, 1.54) is 11.3 Å². The molecule has 2 amide bonds. The molecule has 4 aromatic rings. The lowest BCUT2D eigenvalue weighted by Gasteiger charge is -2.30. The van der Waals surface area contributed by atoms with Crippen molar-refractivity contribution in [2.75, 3.05) is 18.4 Å². The summed E-state index contributed by atoms with van der Waals surface area (Å²) in [5.41, 5.74) is 3.93. The molecule has 1 saturated heterocycles. The second-order valence-corrected chi connectivity index (χ2v) is 8.98. The number of thiazole rings is 1. The minimum atomic E-state index is -0.118. The van der Waals surface area contributed by atoms with E-state index >= 15 is 0 Å². The number of benzene rings is 2. The Bertz CT molecular complexity index is 1300. The summed E-state index contributed by atoms with van der Waals surface area (Å²) in [5, 5.41) is 6.65. The third kappa shape index (κ3) is 4.73. The summed E-state index contributed by atoms with van der Waals surface area (Å²) in [7, 11) is 0. The first kappa shape index (κ1) is 21.2. The topological polar surface area (TPSA) is 78.1 Å². The van der Waals surface area contributed by atoms with Crippen molar-refractivity contribution < 1.29 is 9.59 Å². The van der Waals surface area contributed by atoms with Crippen LogP contribution >= 0.6 is 11.3 Å². The average molecular weight is 457 g/mol. The third-order valence-electron chi connectivity index (χ3n) is 5.99. The van der Waals surface area contributed by atoms with E-state index in [0.29, 0.717) is 31.1 Å². The van der Waals surface area contributed by atoms with Crippen LogP contribution in [-0.2, 0) is 9.59 Å². The summed E-state index contributed by atoms with van der Waals surface area (Å²) in [4.78, 5) is 35.0. The van der Waals surface area contributed by atoms with Gasteiger partial charge in [0.1, 0.15) is 0 Å². The fraction of sp³-hybridized carbons (Fsp3) is 0.192. The van der Waals surface area contributed by atoms with Crippen molar-refractivity contribution in [3.05, 3.63) is 77.8 Å². The number of anilines is 1. The molecular formula is C26H24N4O2S. The number of piperidine rings is 1. The van der Waals surface area contributed by atoms with E-state index in [1.54, 1.807) is 6.08 Å². The predicted molar refractivity (Wildman–Crippen MR) is 133 cm³/mol. The molecular weight excluding hydrogens is 432 g/mol. The van der Waals surface area contributed by atoms with Crippen LogP contribution in [0.3, 0.4) is 0 Å². The van der Waals surface area contributed by atoms with Crippen LogP contribution in [0.1, 0.15) is 18.4 Å². The molecule has 2 aromatic heterocycles. The maximum atomic E-state index is 12.8. The number of hydrogen-bond acceptors (Lipinski definition) is 4. The van der Waals surface area contributed by atoms with Crippen molar-refractivity contribution in [2.45, 2.75) is 12.8 Å². The number of likely N-dealkylation sites (tertiary alicyclic amines) is 1. The lowest BCUT2D eigenvalue weighted by molar-refractivity contribution is -0.130. The van der Waals surface area contributed by atoms with E-state index < -0.39 is 0 Å². The summed E-state index contributed by atoms with van der Waals surface area (Å²) in [6.07, 6.45) is 6.69. The third-order valence-corrected chi connectivity index (χ3v) is 6.75. The molecule has 0 atom stereocenters. The van der Waals surface area contributed by atoms with Gasteiger partial charge >= 0.3 is 0 Å². The van der Waals surface area contributed by atoms with Gasteiger partial charge in [0.25, 0.3) is 0 Å². The van der Waals surface area contributed by atoms with E-state index in [2.05, 4.69) is 21.4 Å². The van der Waals surface area contributed by atoms with Crippen molar-refractivity contribution >= 4 is 45.3 Å². The van der Waals surface area contributed by atoms with Gasteiger partial charge in [0, 0.05) is 53.1 Å². The molecule has 2 aromatic carbocycles. The molecule has 1 aliphatic rings. The van der Waals surface area contributed by atoms with Crippen LogP contribution in [0.5, 0.6) is 0 Å². The van der Waals surface area contributed by atoms with Crippen molar-refractivity contribution in [3.63, 3.8) is 0 Å². The number of nitrogens with one attached hydrogen (secondary N) is 2. The Balaban J connectivity index is 1.16.